The van der Waals surface area contributed by atoms with E-state index in [0.717, 1.165) is 25.7 Å². The molecule has 0 aliphatic heterocycles. The van der Waals surface area contributed by atoms with E-state index in [1.165, 1.54) is 23.2 Å². The van der Waals surface area contributed by atoms with Gasteiger partial charge in [0, 0.05) is 6.10 Å². The molecule has 2 aromatic carbocycles. The second-order valence-corrected chi connectivity index (χ2v) is 17.8. The van der Waals surface area contributed by atoms with E-state index in [0.29, 0.717) is 12.0 Å². The van der Waals surface area contributed by atoms with Crippen molar-refractivity contribution in [1.82, 2.24) is 0 Å². The fourth-order valence-corrected chi connectivity index (χ4v) is 10.4. The van der Waals surface area contributed by atoms with Crippen LogP contribution in [0, 0.1) is 5.92 Å². The summed E-state index contributed by atoms with van der Waals surface area (Å²) < 4.78 is 23.4. The van der Waals surface area contributed by atoms with Crippen molar-refractivity contribution in [3.63, 3.8) is 0 Å². The number of hydrogen-bond acceptors (Lipinski definition) is 3. The van der Waals surface area contributed by atoms with Gasteiger partial charge >= 0.3 is 0 Å². The third-order valence-electron chi connectivity index (χ3n) is 6.95. The van der Waals surface area contributed by atoms with Gasteiger partial charge in [-0.1, -0.05) is 85.8 Å². The van der Waals surface area contributed by atoms with Crippen LogP contribution in [0.3, 0.4) is 0 Å². The summed E-state index contributed by atoms with van der Waals surface area (Å²) in [5, 5.41) is 2.74. The number of rotatable bonds is 8. The maximum absolute atomic E-state index is 12.1. The minimum Gasteiger partial charge on any atom is -0.591 e. The van der Waals surface area contributed by atoms with E-state index in [1.807, 2.05) is 27.0 Å². The molecule has 0 amide bonds. The molecule has 3 rings (SSSR count). The van der Waals surface area contributed by atoms with E-state index >= 15 is 0 Å². The SMILES string of the molecule is CC(C)(C)[S+]([O-])N=CCCC1CCC(O[Si](c2ccccc2)(c2ccccc2)C(C)(C)C)CC1. The Hall–Kier alpha value is -1.40. The van der Waals surface area contributed by atoms with Gasteiger partial charge in [0.05, 0.1) is 6.21 Å². The second-order valence-electron chi connectivity index (χ2n) is 11.7. The van der Waals surface area contributed by atoms with Gasteiger partial charge in [0.25, 0.3) is 8.32 Å². The second kappa shape index (κ2) is 11.6. The molecule has 0 spiro atoms. The summed E-state index contributed by atoms with van der Waals surface area (Å²) in [6.45, 7) is 13.0. The smallest absolute Gasteiger partial charge is 0.261 e. The van der Waals surface area contributed by atoms with E-state index in [4.69, 9.17) is 4.43 Å². The summed E-state index contributed by atoms with van der Waals surface area (Å²) >= 11 is -1.15. The van der Waals surface area contributed by atoms with Crippen LogP contribution in [0.15, 0.2) is 65.1 Å². The van der Waals surface area contributed by atoms with Gasteiger partial charge in [-0.2, -0.15) is 0 Å². The van der Waals surface area contributed by atoms with Crippen molar-refractivity contribution in [3.05, 3.63) is 60.7 Å². The normalized spacial score (nSPS) is 21.0. The quantitative estimate of drug-likeness (QED) is 0.239. The van der Waals surface area contributed by atoms with Crippen molar-refractivity contribution in [2.75, 3.05) is 0 Å². The highest BCUT2D eigenvalue weighted by Crippen LogP contribution is 2.40. The van der Waals surface area contributed by atoms with Crippen molar-refractivity contribution in [3.8, 4) is 0 Å². The summed E-state index contributed by atoms with van der Waals surface area (Å²) in [6.07, 6.45) is 8.82. The number of nitrogens with zero attached hydrogens (tertiary/aromatic N) is 1. The molecule has 0 aromatic heterocycles. The molecule has 1 atom stereocenters. The van der Waals surface area contributed by atoms with Crippen LogP contribution in [0.5, 0.6) is 0 Å². The van der Waals surface area contributed by atoms with Crippen LogP contribution in [-0.4, -0.2) is 29.9 Å². The van der Waals surface area contributed by atoms with E-state index in [2.05, 4.69) is 85.8 Å². The van der Waals surface area contributed by atoms with Crippen LogP contribution < -0.4 is 10.4 Å². The first kappa shape index (κ1) is 27.2. The van der Waals surface area contributed by atoms with Crippen molar-refractivity contribution < 1.29 is 8.98 Å². The summed E-state index contributed by atoms with van der Waals surface area (Å²) in [4.78, 5) is 0. The van der Waals surface area contributed by atoms with Crippen molar-refractivity contribution in [2.24, 2.45) is 10.3 Å². The zero-order valence-electron chi connectivity index (χ0n) is 21.9. The molecule has 1 unspecified atom stereocenters. The molecule has 1 saturated carbocycles. The monoisotopic (exact) mass is 497 g/mol. The van der Waals surface area contributed by atoms with Gasteiger partial charge in [-0.3, -0.25) is 0 Å². The first-order valence-corrected chi connectivity index (χ1v) is 15.8. The van der Waals surface area contributed by atoms with E-state index in [1.54, 1.807) is 0 Å². The molecule has 1 fully saturated rings. The van der Waals surface area contributed by atoms with Crippen LogP contribution in [0.1, 0.15) is 80.1 Å². The molecule has 3 nitrogen and oxygen atoms in total. The molecule has 34 heavy (non-hydrogen) atoms. The molecule has 0 radical (unpaired) electrons. The lowest BCUT2D eigenvalue weighted by Gasteiger charge is -2.46. The summed E-state index contributed by atoms with van der Waals surface area (Å²) in [5.74, 6) is 0.702. The molecular weight excluding hydrogens is 454 g/mol. The summed E-state index contributed by atoms with van der Waals surface area (Å²) in [5.41, 5.74) is 0. The van der Waals surface area contributed by atoms with Crippen LogP contribution >= 0.6 is 0 Å². The molecule has 0 saturated heterocycles. The Balaban J connectivity index is 1.69. The fraction of sp³-hybridized carbons (Fsp3) is 0.552. The van der Waals surface area contributed by atoms with E-state index in [9.17, 15) is 4.55 Å². The maximum atomic E-state index is 12.1. The highest BCUT2D eigenvalue weighted by atomic mass is 32.2. The van der Waals surface area contributed by atoms with Crippen LogP contribution in [0.4, 0.5) is 0 Å². The molecular formula is C29H43NO2SSi. The van der Waals surface area contributed by atoms with Gasteiger partial charge in [-0.05, 0) is 80.6 Å². The Morgan fingerprint density at radius 2 is 1.38 bits per heavy atom. The summed E-state index contributed by atoms with van der Waals surface area (Å²) in [7, 11) is -2.48. The predicted molar refractivity (Wildman–Crippen MR) is 150 cm³/mol. The van der Waals surface area contributed by atoms with E-state index in [-0.39, 0.29) is 9.79 Å². The third-order valence-corrected chi connectivity index (χ3v) is 13.4. The highest BCUT2D eigenvalue weighted by molar-refractivity contribution is 7.91. The maximum Gasteiger partial charge on any atom is 0.261 e. The van der Waals surface area contributed by atoms with Gasteiger partial charge in [0.2, 0.25) is 0 Å². The van der Waals surface area contributed by atoms with Crippen molar-refractivity contribution in [1.29, 1.82) is 0 Å². The zero-order chi connectivity index (χ0) is 24.8. The molecule has 186 valence electrons. The Morgan fingerprint density at radius 1 is 0.882 bits per heavy atom. The third kappa shape index (κ3) is 6.63. The largest absolute Gasteiger partial charge is 0.591 e. The summed E-state index contributed by atoms with van der Waals surface area (Å²) in [6, 6.07) is 21.9. The lowest BCUT2D eigenvalue weighted by molar-refractivity contribution is 0.119. The van der Waals surface area contributed by atoms with Gasteiger partial charge in [-0.15, -0.1) is 0 Å². The lowest BCUT2D eigenvalue weighted by Crippen LogP contribution is -2.67. The van der Waals surface area contributed by atoms with E-state index < -0.39 is 19.7 Å². The molecule has 0 heterocycles. The predicted octanol–water partition coefficient (Wildman–Crippen LogP) is 6.44. The van der Waals surface area contributed by atoms with Crippen LogP contribution in [0.2, 0.25) is 5.04 Å². The first-order chi connectivity index (χ1) is 16.0. The number of hydrogen-bond donors (Lipinski definition) is 0. The molecule has 1 aliphatic carbocycles. The average molecular weight is 498 g/mol. The minimum absolute atomic E-state index is 0.0196. The van der Waals surface area contributed by atoms with Gasteiger partial charge < -0.3 is 8.98 Å². The van der Waals surface area contributed by atoms with Crippen LogP contribution in [0.25, 0.3) is 0 Å². The molecule has 5 heteroatoms. The van der Waals surface area contributed by atoms with Crippen LogP contribution in [-0.2, 0) is 15.8 Å². The first-order valence-electron chi connectivity index (χ1n) is 12.8. The van der Waals surface area contributed by atoms with Gasteiger partial charge in [0.15, 0.2) is 0 Å². The molecule has 0 bridgehead atoms. The average Bonchev–Trinajstić information content (AvgIpc) is 2.80. The highest BCUT2D eigenvalue weighted by Gasteiger charge is 2.51. The molecule has 1 aliphatic rings. The minimum atomic E-state index is -2.48. The topological polar surface area (TPSA) is 44.7 Å². The zero-order valence-corrected chi connectivity index (χ0v) is 23.7. The van der Waals surface area contributed by atoms with Crippen molar-refractivity contribution in [2.45, 2.75) is 96.0 Å². The Labute approximate surface area is 211 Å². The van der Waals surface area contributed by atoms with Gasteiger partial charge in [-0.25, -0.2) is 0 Å². The fourth-order valence-electron chi connectivity index (χ4n) is 5.07. The Bertz CT molecular complexity index is 858. The van der Waals surface area contributed by atoms with Gasteiger partial charge in [0.1, 0.15) is 16.1 Å². The Morgan fingerprint density at radius 3 is 1.82 bits per heavy atom. The lowest BCUT2D eigenvalue weighted by atomic mass is 9.85. The standard InChI is InChI=1S/C29H43NO2SSi/c1-28(2,3)33(31)30-23-13-14-24-19-21-25(22-20-24)32-34(29(4,5)6,26-15-9-7-10-16-26)27-17-11-8-12-18-27/h7-12,15-18,23-25H,13-14,19-22H2,1-6H3. The van der Waals surface area contributed by atoms with Crippen molar-refractivity contribution >= 4 is 36.3 Å². The molecule has 2 aromatic rings. The molecule has 0 N–H and O–H groups in total. The number of benzene rings is 2. The Kier molecular flexibility index (Phi) is 9.24.